The van der Waals surface area contributed by atoms with E-state index in [9.17, 15) is 13.6 Å². The Morgan fingerprint density at radius 3 is 2.60 bits per heavy atom. The number of nitrogens with one attached hydrogen (secondary N) is 1. The molecule has 1 aromatic heterocycles. The van der Waals surface area contributed by atoms with Crippen LogP contribution in [-0.2, 0) is 6.54 Å². The Labute approximate surface area is 126 Å². The van der Waals surface area contributed by atoms with Gasteiger partial charge in [-0.2, -0.15) is 0 Å². The fraction of sp³-hybridized carbons (Fsp3) is 0.154. The molecule has 2 N–H and O–H groups in total. The van der Waals surface area contributed by atoms with Crippen molar-refractivity contribution in [3.8, 4) is 0 Å². The first-order chi connectivity index (χ1) is 9.38. The molecule has 3 nitrogen and oxygen atoms in total. The lowest BCUT2D eigenvalue weighted by Gasteiger charge is -2.08. The van der Waals surface area contributed by atoms with Gasteiger partial charge in [0.1, 0.15) is 11.6 Å². The predicted octanol–water partition coefficient (Wildman–Crippen LogP) is 4.41. The summed E-state index contributed by atoms with van der Waals surface area (Å²) < 4.78 is 27.8. The predicted molar refractivity (Wildman–Crippen MR) is 77.4 cm³/mol. The highest BCUT2D eigenvalue weighted by Gasteiger charge is 2.15. The second kappa shape index (κ2) is 5.88. The van der Waals surface area contributed by atoms with E-state index in [-0.39, 0.29) is 5.69 Å². The average molecular weight is 362 g/mol. The van der Waals surface area contributed by atoms with Crippen LogP contribution in [0.15, 0.2) is 22.7 Å². The van der Waals surface area contributed by atoms with Crippen LogP contribution in [-0.4, -0.2) is 11.1 Å². The van der Waals surface area contributed by atoms with Gasteiger partial charge in [0.15, 0.2) is 0 Å². The molecule has 0 saturated heterocycles. The van der Waals surface area contributed by atoms with E-state index in [1.54, 1.807) is 0 Å². The molecule has 7 heteroatoms. The summed E-state index contributed by atoms with van der Waals surface area (Å²) >= 11 is 4.91. The largest absolute Gasteiger partial charge is 0.478 e. The van der Waals surface area contributed by atoms with Crippen LogP contribution in [0.5, 0.6) is 0 Å². The molecule has 0 radical (unpaired) electrons. The molecular formula is C13H10BrF2NO2S. The zero-order chi connectivity index (χ0) is 14.9. The number of thiophene rings is 1. The minimum absolute atomic E-state index is 0.0361. The topological polar surface area (TPSA) is 49.3 Å². The Morgan fingerprint density at radius 1 is 1.35 bits per heavy atom. The number of carboxylic acid groups (broad SMARTS) is 1. The van der Waals surface area contributed by atoms with Gasteiger partial charge in [0.25, 0.3) is 0 Å². The van der Waals surface area contributed by atoms with E-state index in [2.05, 4.69) is 21.2 Å². The maximum Gasteiger partial charge on any atom is 0.338 e. The zero-order valence-corrected chi connectivity index (χ0v) is 12.7. The van der Waals surface area contributed by atoms with Crippen molar-refractivity contribution in [2.75, 3.05) is 5.32 Å². The minimum Gasteiger partial charge on any atom is -0.478 e. The van der Waals surface area contributed by atoms with Crippen LogP contribution >= 0.6 is 27.3 Å². The SMILES string of the molecule is Cc1sc(CNc2cc(C(=O)O)c(F)cc2F)cc1Br. The lowest BCUT2D eigenvalue weighted by Crippen LogP contribution is -2.06. The maximum atomic E-state index is 13.6. The molecule has 1 aromatic carbocycles. The third kappa shape index (κ3) is 3.16. The molecule has 0 aliphatic carbocycles. The molecule has 106 valence electrons. The van der Waals surface area contributed by atoms with E-state index in [4.69, 9.17) is 5.11 Å². The quantitative estimate of drug-likeness (QED) is 0.847. The maximum absolute atomic E-state index is 13.6. The molecule has 2 rings (SSSR count). The van der Waals surface area contributed by atoms with E-state index in [1.807, 2.05) is 13.0 Å². The molecule has 1 heterocycles. The lowest BCUT2D eigenvalue weighted by atomic mass is 10.2. The van der Waals surface area contributed by atoms with Crippen molar-refractivity contribution in [2.24, 2.45) is 0 Å². The molecule has 0 atom stereocenters. The number of hydrogen-bond donors (Lipinski definition) is 2. The first-order valence-corrected chi connectivity index (χ1v) is 7.20. The summed E-state index contributed by atoms with van der Waals surface area (Å²) in [5, 5.41) is 11.6. The van der Waals surface area contributed by atoms with Crippen molar-refractivity contribution >= 4 is 38.9 Å². The lowest BCUT2D eigenvalue weighted by molar-refractivity contribution is 0.0692. The Kier molecular flexibility index (Phi) is 4.39. The first kappa shape index (κ1) is 14.9. The fourth-order valence-corrected chi connectivity index (χ4v) is 3.18. The van der Waals surface area contributed by atoms with Gasteiger partial charge in [-0.05, 0) is 35.0 Å². The van der Waals surface area contributed by atoms with E-state index in [0.29, 0.717) is 12.6 Å². The third-order valence-corrected chi connectivity index (χ3v) is 4.79. The smallest absolute Gasteiger partial charge is 0.338 e. The average Bonchev–Trinajstić information content (AvgIpc) is 2.67. The molecule has 0 unspecified atom stereocenters. The highest BCUT2D eigenvalue weighted by atomic mass is 79.9. The van der Waals surface area contributed by atoms with Crippen LogP contribution in [0.1, 0.15) is 20.1 Å². The first-order valence-electron chi connectivity index (χ1n) is 5.59. The van der Waals surface area contributed by atoms with Gasteiger partial charge in [-0.1, -0.05) is 0 Å². The van der Waals surface area contributed by atoms with Crippen molar-refractivity contribution in [3.63, 3.8) is 0 Å². The molecular weight excluding hydrogens is 352 g/mol. The molecule has 0 fully saturated rings. The van der Waals surface area contributed by atoms with Gasteiger partial charge >= 0.3 is 5.97 Å². The number of anilines is 1. The zero-order valence-electron chi connectivity index (χ0n) is 10.3. The third-order valence-electron chi connectivity index (χ3n) is 2.65. The van der Waals surface area contributed by atoms with Crippen LogP contribution in [0.25, 0.3) is 0 Å². The second-order valence-corrected chi connectivity index (χ2v) is 6.28. The van der Waals surface area contributed by atoms with Crippen molar-refractivity contribution in [1.29, 1.82) is 0 Å². The Hall–Kier alpha value is -1.47. The van der Waals surface area contributed by atoms with Crippen molar-refractivity contribution < 1.29 is 18.7 Å². The molecule has 20 heavy (non-hydrogen) atoms. The van der Waals surface area contributed by atoms with Crippen LogP contribution in [0.3, 0.4) is 0 Å². The van der Waals surface area contributed by atoms with Gasteiger partial charge < -0.3 is 10.4 Å². The summed E-state index contributed by atoms with van der Waals surface area (Å²) in [4.78, 5) is 12.9. The second-order valence-electron chi connectivity index (χ2n) is 4.09. The monoisotopic (exact) mass is 361 g/mol. The normalized spacial score (nSPS) is 10.6. The molecule has 0 aliphatic rings. The molecule has 2 aromatic rings. The summed E-state index contributed by atoms with van der Waals surface area (Å²) in [5.41, 5.74) is -0.594. The van der Waals surface area contributed by atoms with E-state index < -0.39 is 23.2 Å². The van der Waals surface area contributed by atoms with Crippen molar-refractivity contribution in [3.05, 3.63) is 49.6 Å². The van der Waals surface area contributed by atoms with Crippen molar-refractivity contribution in [2.45, 2.75) is 13.5 Å². The van der Waals surface area contributed by atoms with Crippen LogP contribution in [0.4, 0.5) is 14.5 Å². The Morgan fingerprint density at radius 2 is 2.05 bits per heavy atom. The Balaban J connectivity index is 2.21. The van der Waals surface area contributed by atoms with Crippen LogP contribution in [0, 0.1) is 18.6 Å². The van der Waals surface area contributed by atoms with Crippen LogP contribution in [0.2, 0.25) is 0 Å². The summed E-state index contributed by atoms with van der Waals surface area (Å²) in [5.74, 6) is -3.34. The summed E-state index contributed by atoms with van der Waals surface area (Å²) in [7, 11) is 0. The number of halogens is 3. The van der Waals surface area contributed by atoms with E-state index in [0.717, 1.165) is 20.3 Å². The summed E-state index contributed by atoms with van der Waals surface area (Å²) in [6.45, 7) is 2.28. The fourth-order valence-electron chi connectivity index (χ4n) is 1.64. The van der Waals surface area contributed by atoms with Crippen molar-refractivity contribution in [1.82, 2.24) is 0 Å². The number of carboxylic acids is 1. The molecule has 0 aliphatic heterocycles. The summed E-state index contributed by atoms with van der Waals surface area (Å²) in [6, 6.07) is 3.43. The summed E-state index contributed by atoms with van der Waals surface area (Å²) in [6.07, 6.45) is 0. The standard InChI is InChI=1S/C13H10BrF2NO2S/c1-6-9(14)2-7(20-6)5-17-12-3-8(13(18)19)10(15)4-11(12)16/h2-4,17H,5H2,1H3,(H,18,19). The number of rotatable bonds is 4. The highest BCUT2D eigenvalue weighted by Crippen LogP contribution is 2.27. The molecule has 0 saturated carbocycles. The van der Waals surface area contributed by atoms with Gasteiger partial charge in [-0.3, -0.25) is 0 Å². The van der Waals surface area contributed by atoms with Crippen LogP contribution < -0.4 is 5.32 Å². The number of benzene rings is 1. The Bertz CT molecular complexity index is 653. The van der Waals surface area contributed by atoms with Gasteiger partial charge in [0.2, 0.25) is 0 Å². The van der Waals surface area contributed by atoms with E-state index >= 15 is 0 Å². The molecule has 0 bridgehead atoms. The van der Waals surface area contributed by atoms with Gasteiger partial charge in [0.05, 0.1) is 11.3 Å². The van der Waals surface area contributed by atoms with E-state index in [1.165, 1.54) is 11.3 Å². The van der Waals surface area contributed by atoms with Gasteiger partial charge in [-0.25, -0.2) is 13.6 Å². The number of aromatic carboxylic acids is 1. The highest BCUT2D eigenvalue weighted by molar-refractivity contribution is 9.10. The molecule has 0 spiro atoms. The van der Waals surface area contributed by atoms with Gasteiger partial charge in [0, 0.05) is 26.8 Å². The number of carbonyl (C=O) groups is 1. The van der Waals surface area contributed by atoms with Gasteiger partial charge in [-0.15, -0.1) is 11.3 Å². The number of hydrogen-bond acceptors (Lipinski definition) is 3. The minimum atomic E-state index is -1.43. The number of aryl methyl sites for hydroxylation is 1. The molecule has 0 amide bonds.